The SMILES string of the molecule is CCCCCC(NCC)c1nc(C(C)(C)C)cs1. The first-order chi connectivity index (χ1) is 8.49. The van der Waals surface area contributed by atoms with Crippen LogP contribution in [0.5, 0.6) is 0 Å². The molecule has 1 aromatic rings. The zero-order valence-corrected chi connectivity index (χ0v) is 13.4. The van der Waals surface area contributed by atoms with Gasteiger partial charge in [-0.2, -0.15) is 0 Å². The Morgan fingerprint density at radius 3 is 2.50 bits per heavy atom. The van der Waals surface area contributed by atoms with E-state index in [1.54, 1.807) is 0 Å². The Balaban J connectivity index is 2.70. The van der Waals surface area contributed by atoms with E-state index in [1.807, 2.05) is 11.3 Å². The summed E-state index contributed by atoms with van der Waals surface area (Å²) in [5, 5.41) is 7.05. The summed E-state index contributed by atoms with van der Waals surface area (Å²) < 4.78 is 0. The van der Waals surface area contributed by atoms with Crippen molar-refractivity contribution in [2.75, 3.05) is 6.54 Å². The standard InChI is InChI=1S/C15H28N2S/c1-6-8-9-10-12(16-7-2)14-17-13(11-18-14)15(3,4)5/h11-12,16H,6-10H2,1-5H3. The molecular formula is C15H28N2S. The third-order valence-corrected chi connectivity index (χ3v) is 4.09. The minimum Gasteiger partial charge on any atom is -0.308 e. The lowest BCUT2D eigenvalue weighted by Gasteiger charge is -2.17. The van der Waals surface area contributed by atoms with Crippen LogP contribution in [0.2, 0.25) is 0 Å². The van der Waals surface area contributed by atoms with Crippen molar-refractivity contribution >= 4 is 11.3 Å². The molecule has 104 valence electrons. The van der Waals surface area contributed by atoms with Crippen LogP contribution in [-0.2, 0) is 5.41 Å². The molecule has 0 spiro atoms. The van der Waals surface area contributed by atoms with Gasteiger partial charge in [0.2, 0.25) is 0 Å². The molecule has 0 aromatic carbocycles. The van der Waals surface area contributed by atoms with Gasteiger partial charge in [-0.05, 0) is 13.0 Å². The Morgan fingerprint density at radius 1 is 1.28 bits per heavy atom. The van der Waals surface area contributed by atoms with Crippen LogP contribution in [0.4, 0.5) is 0 Å². The highest BCUT2D eigenvalue weighted by atomic mass is 32.1. The zero-order chi connectivity index (χ0) is 13.6. The minimum atomic E-state index is 0.162. The minimum absolute atomic E-state index is 0.162. The fourth-order valence-corrected chi connectivity index (χ4v) is 3.10. The molecule has 0 saturated heterocycles. The number of aromatic nitrogens is 1. The first kappa shape index (κ1) is 15.6. The third-order valence-electron chi connectivity index (χ3n) is 3.14. The van der Waals surface area contributed by atoms with Crippen molar-refractivity contribution in [2.24, 2.45) is 0 Å². The van der Waals surface area contributed by atoms with E-state index in [-0.39, 0.29) is 5.41 Å². The van der Waals surface area contributed by atoms with Crippen LogP contribution in [0.15, 0.2) is 5.38 Å². The number of thiazole rings is 1. The number of unbranched alkanes of at least 4 members (excludes halogenated alkanes) is 2. The van der Waals surface area contributed by atoms with Gasteiger partial charge in [0.15, 0.2) is 0 Å². The molecule has 0 bridgehead atoms. The molecule has 0 aliphatic heterocycles. The second kappa shape index (κ2) is 7.25. The van der Waals surface area contributed by atoms with Crippen LogP contribution in [0.25, 0.3) is 0 Å². The van der Waals surface area contributed by atoms with Gasteiger partial charge in [-0.25, -0.2) is 4.98 Å². The van der Waals surface area contributed by atoms with Crippen molar-refractivity contribution in [1.29, 1.82) is 0 Å². The van der Waals surface area contributed by atoms with Crippen molar-refractivity contribution < 1.29 is 0 Å². The summed E-state index contributed by atoms with van der Waals surface area (Å²) in [5.74, 6) is 0. The normalized spacial score (nSPS) is 13.8. The number of hydrogen-bond acceptors (Lipinski definition) is 3. The van der Waals surface area contributed by atoms with Gasteiger partial charge < -0.3 is 5.32 Å². The van der Waals surface area contributed by atoms with Crippen molar-refractivity contribution in [3.63, 3.8) is 0 Å². The highest BCUT2D eigenvalue weighted by Crippen LogP contribution is 2.28. The average molecular weight is 268 g/mol. The fourth-order valence-electron chi connectivity index (χ4n) is 1.95. The summed E-state index contributed by atoms with van der Waals surface area (Å²) in [5.41, 5.74) is 1.38. The molecule has 1 atom stereocenters. The predicted molar refractivity (Wildman–Crippen MR) is 81.4 cm³/mol. The second-order valence-electron chi connectivity index (χ2n) is 5.93. The summed E-state index contributed by atoms with van der Waals surface area (Å²) >= 11 is 1.81. The Hall–Kier alpha value is -0.410. The highest BCUT2D eigenvalue weighted by Gasteiger charge is 2.20. The first-order valence-corrected chi connectivity index (χ1v) is 8.06. The van der Waals surface area contributed by atoms with E-state index < -0.39 is 0 Å². The molecule has 1 heterocycles. The van der Waals surface area contributed by atoms with Gasteiger partial charge in [0.25, 0.3) is 0 Å². The molecule has 0 aliphatic carbocycles. The van der Waals surface area contributed by atoms with Gasteiger partial charge in [-0.15, -0.1) is 11.3 Å². The van der Waals surface area contributed by atoms with Crippen LogP contribution >= 0.6 is 11.3 Å². The number of nitrogens with one attached hydrogen (secondary N) is 1. The van der Waals surface area contributed by atoms with Crippen LogP contribution < -0.4 is 5.32 Å². The molecule has 1 N–H and O–H groups in total. The van der Waals surface area contributed by atoms with Crippen LogP contribution in [0.3, 0.4) is 0 Å². The molecule has 0 fully saturated rings. The van der Waals surface area contributed by atoms with Crippen molar-refractivity contribution in [3.8, 4) is 0 Å². The van der Waals surface area contributed by atoms with E-state index in [1.165, 1.54) is 36.4 Å². The lowest BCUT2D eigenvalue weighted by Crippen LogP contribution is -2.21. The highest BCUT2D eigenvalue weighted by molar-refractivity contribution is 7.09. The van der Waals surface area contributed by atoms with Gasteiger partial charge in [0, 0.05) is 10.8 Å². The van der Waals surface area contributed by atoms with Gasteiger partial charge in [0.05, 0.1) is 11.7 Å². The topological polar surface area (TPSA) is 24.9 Å². The summed E-state index contributed by atoms with van der Waals surface area (Å²) in [6, 6.07) is 0.447. The molecule has 1 unspecified atom stereocenters. The summed E-state index contributed by atoms with van der Waals surface area (Å²) in [7, 11) is 0. The first-order valence-electron chi connectivity index (χ1n) is 7.18. The maximum absolute atomic E-state index is 4.84. The van der Waals surface area contributed by atoms with Gasteiger partial charge in [-0.3, -0.25) is 0 Å². The molecule has 1 rings (SSSR count). The second-order valence-corrected chi connectivity index (χ2v) is 6.82. The van der Waals surface area contributed by atoms with E-state index in [0.29, 0.717) is 6.04 Å². The summed E-state index contributed by atoms with van der Waals surface area (Å²) in [4.78, 5) is 4.84. The van der Waals surface area contributed by atoms with Crippen molar-refractivity contribution in [2.45, 2.75) is 71.8 Å². The number of hydrogen-bond donors (Lipinski definition) is 1. The fraction of sp³-hybridized carbons (Fsp3) is 0.800. The van der Waals surface area contributed by atoms with Crippen molar-refractivity contribution in [3.05, 3.63) is 16.1 Å². The smallest absolute Gasteiger partial charge is 0.110 e. The van der Waals surface area contributed by atoms with Gasteiger partial charge >= 0.3 is 0 Å². The third kappa shape index (κ3) is 4.69. The predicted octanol–water partition coefficient (Wildman–Crippen LogP) is 4.67. The molecule has 3 heteroatoms. The maximum atomic E-state index is 4.84. The number of nitrogens with zero attached hydrogens (tertiary/aromatic N) is 1. The molecule has 0 saturated carbocycles. The van der Waals surface area contributed by atoms with Gasteiger partial charge in [-0.1, -0.05) is 53.9 Å². The lowest BCUT2D eigenvalue weighted by atomic mass is 9.93. The van der Waals surface area contributed by atoms with Crippen LogP contribution in [0, 0.1) is 0 Å². The van der Waals surface area contributed by atoms with Crippen molar-refractivity contribution in [1.82, 2.24) is 10.3 Å². The van der Waals surface area contributed by atoms with E-state index in [4.69, 9.17) is 4.98 Å². The molecule has 0 radical (unpaired) electrons. The molecule has 2 nitrogen and oxygen atoms in total. The molecule has 0 amide bonds. The van der Waals surface area contributed by atoms with E-state index in [9.17, 15) is 0 Å². The maximum Gasteiger partial charge on any atom is 0.110 e. The van der Waals surface area contributed by atoms with E-state index in [2.05, 4.69) is 45.3 Å². The average Bonchev–Trinajstić information content (AvgIpc) is 2.77. The molecule has 1 aromatic heterocycles. The molecular weight excluding hydrogens is 240 g/mol. The largest absolute Gasteiger partial charge is 0.308 e. The zero-order valence-electron chi connectivity index (χ0n) is 12.5. The van der Waals surface area contributed by atoms with E-state index >= 15 is 0 Å². The van der Waals surface area contributed by atoms with E-state index in [0.717, 1.165) is 6.54 Å². The Kier molecular flexibility index (Phi) is 6.30. The Labute approximate surface area is 116 Å². The Bertz CT molecular complexity index is 339. The summed E-state index contributed by atoms with van der Waals surface area (Å²) in [6.07, 6.45) is 5.10. The molecule has 18 heavy (non-hydrogen) atoms. The van der Waals surface area contributed by atoms with Crippen LogP contribution in [0.1, 0.15) is 77.0 Å². The number of rotatable bonds is 7. The lowest BCUT2D eigenvalue weighted by molar-refractivity contribution is 0.480. The van der Waals surface area contributed by atoms with Gasteiger partial charge in [0.1, 0.15) is 5.01 Å². The quantitative estimate of drug-likeness (QED) is 0.727. The Morgan fingerprint density at radius 2 is 2.00 bits per heavy atom. The monoisotopic (exact) mass is 268 g/mol. The molecule has 0 aliphatic rings. The van der Waals surface area contributed by atoms with Crippen LogP contribution in [-0.4, -0.2) is 11.5 Å². The summed E-state index contributed by atoms with van der Waals surface area (Å²) in [6.45, 7) is 12.1.